The minimum atomic E-state index is -0.480. The molecule has 0 aliphatic carbocycles. The summed E-state index contributed by atoms with van der Waals surface area (Å²) in [6.45, 7) is 6.48. The Bertz CT molecular complexity index is 1160. The van der Waals surface area contributed by atoms with Gasteiger partial charge in [-0.1, -0.05) is 6.07 Å². The monoisotopic (exact) mass is 484 g/mol. The number of nitrogens with zero attached hydrogens (tertiary/aromatic N) is 2. The van der Waals surface area contributed by atoms with Crippen LogP contribution >= 0.6 is 11.3 Å². The lowest BCUT2D eigenvalue weighted by Gasteiger charge is -2.36. The third kappa shape index (κ3) is 5.98. The number of thiophene rings is 1. The molecule has 2 aromatic carbocycles. The Morgan fingerprint density at radius 1 is 0.941 bits per heavy atom. The van der Waals surface area contributed by atoms with Crippen LogP contribution in [0, 0.1) is 18.6 Å². The summed E-state index contributed by atoms with van der Waals surface area (Å²) >= 11 is 1.20. The van der Waals surface area contributed by atoms with E-state index in [1.54, 1.807) is 18.2 Å². The Balaban J connectivity index is 1.23. The standard InChI is InChI=1S/C25H26F2N4O2S/c1-17-15-22(29-24(32)18-3-2-4-20(27)16-18)34-23(17)25(33)28-9-10-30-11-13-31(14-12-30)21-7-5-19(26)6-8-21/h2-8,15-16H,9-14H2,1H3,(H,28,33)(H,29,32). The van der Waals surface area contributed by atoms with E-state index in [-0.39, 0.29) is 17.3 Å². The number of benzene rings is 2. The molecular formula is C25H26F2N4O2S. The Labute approximate surface area is 201 Å². The predicted octanol–water partition coefficient (Wildman–Crippen LogP) is 4.14. The van der Waals surface area contributed by atoms with Gasteiger partial charge in [-0.15, -0.1) is 11.3 Å². The summed E-state index contributed by atoms with van der Waals surface area (Å²) in [6, 6.07) is 13.7. The van der Waals surface area contributed by atoms with E-state index in [0.717, 1.165) is 44.0 Å². The number of aryl methyl sites for hydroxylation is 1. The van der Waals surface area contributed by atoms with Crippen molar-refractivity contribution >= 4 is 33.8 Å². The number of halogens is 2. The van der Waals surface area contributed by atoms with Gasteiger partial charge in [-0.3, -0.25) is 14.5 Å². The summed E-state index contributed by atoms with van der Waals surface area (Å²) in [5.74, 6) is -1.32. The van der Waals surface area contributed by atoms with Crippen LogP contribution < -0.4 is 15.5 Å². The Hall–Kier alpha value is -3.30. The minimum Gasteiger partial charge on any atom is -0.369 e. The van der Waals surface area contributed by atoms with Gasteiger partial charge in [-0.2, -0.15) is 0 Å². The number of nitrogens with one attached hydrogen (secondary N) is 2. The topological polar surface area (TPSA) is 64.7 Å². The van der Waals surface area contributed by atoms with Crippen LogP contribution in [0.4, 0.5) is 19.5 Å². The number of hydrogen-bond donors (Lipinski definition) is 2. The predicted molar refractivity (Wildman–Crippen MR) is 131 cm³/mol. The number of hydrogen-bond acceptors (Lipinski definition) is 5. The van der Waals surface area contributed by atoms with Gasteiger partial charge in [-0.05, 0) is 61.0 Å². The molecule has 0 atom stereocenters. The van der Waals surface area contributed by atoms with Gasteiger partial charge in [0.15, 0.2) is 0 Å². The molecule has 1 aliphatic heterocycles. The summed E-state index contributed by atoms with van der Waals surface area (Å²) in [4.78, 5) is 30.0. The third-order valence-corrected chi connectivity index (χ3v) is 6.88. The minimum absolute atomic E-state index is 0.182. The molecule has 1 saturated heterocycles. The first-order valence-corrected chi connectivity index (χ1v) is 11.9. The van der Waals surface area contributed by atoms with E-state index in [2.05, 4.69) is 20.4 Å². The fraction of sp³-hybridized carbons (Fsp3) is 0.280. The molecule has 0 saturated carbocycles. The van der Waals surface area contributed by atoms with Crippen LogP contribution in [0.1, 0.15) is 25.6 Å². The van der Waals surface area contributed by atoms with Crippen molar-refractivity contribution in [3.05, 3.63) is 82.2 Å². The van der Waals surface area contributed by atoms with Gasteiger partial charge in [0.1, 0.15) is 11.6 Å². The van der Waals surface area contributed by atoms with Crippen molar-refractivity contribution in [3.8, 4) is 0 Å². The molecule has 2 N–H and O–H groups in total. The maximum absolute atomic E-state index is 13.4. The largest absolute Gasteiger partial charge is 0.369 e. The quantitative estimate of drug-likeness (QED) is 0.529. The molecule has 0 spiro atoms. The summed E-state index contributed by atoms with van der Waals surface area (Å²) in [5.41, 5.74) is 2.00. The number of piperazine rings is 1. The van der Waals surface area contributed by atoms with Crippen LogP contribution in [0.25, 0.3) is 0 Å². The molecule has 9 heteroatoms. The van der Waals surface area contributed by atoms with E-state index >= 15 is 0 Å². The Kier molecular flexibility index (Phi) is 7.54. The van der Waals surface area contributed by atoms with E-state index < -0.39 is 11.7 Å². The van der Waals surface area contributed by atoms with E-state index in [1.807, 2.05) is 6.92 Å². The summed E-state index contributed by atoms with van der Waals surface area (Å²) in [5, 5.41) is 6.22. The first-order chi connectivity index (χ1) is 16.4. The van der Waals surface area contributed by atoms with Crippen molar-refractivity contribution in [1.29, 1.82) is 0 Å². The zero-order chi connectivity index (χ0) is 24.1. The van der Waals surface area contributed by atoms with E-state index in [4.69, 9.17) is 0 Å². The van der Waals surface area contributed by atoms with Crippen LogP contribution in [0.3, 0.4) is 0 Å². The fourth-order valence-corrected chi connectivity index (χ4v) is 4.86. The number of rotatable bonds is 7. The first kappa shape index (κ1) is 23.8. The van der Waals surface area contributed by atoms with Crippen molar-refractivity contribution in [2.24, 2.45) is 0 Å². The lowest BCUT2D eigenvalue weighted by molar-refractivity contribution is 0.0950. The molecule has 1 fully saturated rings. The Morgan fingerprint density at radius 3 is 2.38 bits per heavy atom. The van der Waals surface area contributed by atoms with Crippen molar-refractivity contribution < 1.29 is 18.4 Å². The molecular weight excluding hydrogens is 458 g/mol. The van der Waals surface area contributed by atoms with Gasteiger partial charge in [0.05, 0.1) is 9.88 Å². The van der Waals surface area contributed by atoms with Gasteiger partial charge in [-0.25, -0.2) is 8.78 Å². The van der Waals surface area contributed by atoms with E-state index in [1.165, 1.54) is 47.7 Å². The highest BCUT2D eigenvalue weighted by Gasteiger charge is 2.19. The first-order valence-electron chi connectivity index (χ1n) is 11.1. The number of carbonyl (C=O) groups is 2. The van der Waals surface area contributed by atoms with Gasteiger partial charge in [0, 0.05) is 50.5 Å². The van der Waals surface area contributed by atoms with E-state index in [9.17, 15) is 18.4 Å². The maximum atomic E-state index is 13.4. The molecule has 0 unspecified atom stereocenters. The second-order valence-electron chi connectivity index (χ2n) is 8.15. The van der Waals surface area contributed by atoms with Gasteiger partial charge in [0.2, 0.25) is 0 Å². The lowest BCUT2D eigenvalue weighted by atomic mass is 10.2. The molecule has 178 valence electrons. The normalized spacial score (nSPS) is 14.1. The molecule has 6 nitrogen and oxygen atoms in total. The molecule has 2 amide bonds. The van der Waals surface area contributed by atoms with Crippen molar-refractivity contribution in [2.45, 2.75) is 6.92 Å². The summed E-state index contributed by atoms with van der Waals surface area (Å²) < 4.78 is 26.5. The maximum Gasteiger partial charge on any atom is 0.261 e. The molecule has 2 heterocycles. The van der Waals surface area contributed by atoms with Crippen molar-refractivity contribution in [3.63, 3.8) is 0 Å². The smallest absolute Gasteiger partial charge is 0.261 e. The molecule has 0 radical (unpaired) electrons. The van der Waals surface area contributed by atoms with Crippen LogP contribution in [0.15, 0.2) is 54.6 Å². The number of anilines is 2. The van der Waals surface area contributed by atoms with Crippen LogP contribution in [-0.4, -0.2) is 56.0 Å². The molecule has 1 aliphatic rings. The second-order valence-corrected chi connectivity index (χ2v) is 9.20. The molecule has 3 aromatic rings. The average molecular weight is 485 g/mol. The van der Waals surface area contributed by atoms with Gasteiger partial charge in [0.25, 0.3) is 11.8 Å². The Morgan fingerprint density at radius 2 is 1.68 bits per heavy atom. The van der Waals surface area contributed by atoms with E-state index in [0.29, 0.717) is 16.4 Å². The third-order valence-electron chi connectivity index (χ3n) is 5.73. The zero-order valence-electron chi connectivity index (χ0n) is 18.8. The van der Waals surface area contributed by atoms with Crippen LogP contribution in [0.2, 0.25) is 0 Å². The van der Waals surface area contributed by atoms with Gasteiger partial charge >= 0.3 is 0 Å². The SMILES string of the molecule is Cc1cc(NC(=O)c2cccc(F)c2)sc1C(=O)NCCN1CCN(c2ccc(F)cc2)CC1. The second kappa shape index (κ2) is 10.8. The lowest BCUT2D eigenvalue weighted by Crippen LogP contribution is -2.48. The number of amides is 2. The molecule has 4 rings (SSSR count). The van der Waals surface area contributed by atoms with Crippen LogP contribution in [-0.2, 0) is 0 Å². The highest BCUT2D eigenvalue weighted by Crippen LogP contribution is 2.27. The molecule has 1 aromatic heterocycles. The number of carbonyl (C=O) groups excluding carboxylic acids is 2. The van der Waals surface area contributed by atoms with Gasteiger partial charge < -0.3 is 15.5 Å². The van der Waals surface area contributed by atoms with Crippen LogP contribution in [0.5, 0.6) is 0 Å². The van der Waals surface area contributed by atoms with Crippen molar-refractivity contribution in [2.75, 3.05) is 49.5 Å². The average Bonchev–Trinajstić information content (AvgIpc) is 3.20. The summed E-state index contributed by atoms with van der Waals surface area (Å²) in [7, 11) is 0. The molecule has 0 bridgehead atoms. The fourth-order valence-electron chi connectivity index (χ4n) is 3.87. The van der Waals surface area contributed by atoms with Crippen molar-refractivity contribution in [1.82, 2.24) is 10.2 Å². The zero-order valence-corrected chi connectivity index (χ0v) is 19.6. The molecule has 34 heavy (non-hydrogen) atoms. The highest BCUT2D eigenvalue weighted by molar-refractivity contribution is 7.18. The summed E-state index contributed by atoms with van der Waals surface area (Å²) in [6.07, 6.45) is 0. The highest BCUT2D eigenvalue weighted by atomic mass is 32.1.